The Morgan fingerprint density at radius 1 is 1.36 bits per heavy atom. The average molecular weight is 194 g/mol. The van der Waals surface area contributed by atoms with Gasteiger partial charge >= 0.3 is 5.97 Å². The standard InChI is InChI=1S/C11H14O3/c12-8-6-1-5-2-7-10(13)14-9(8)11(7,3-5)4-6/h5-9,12H,1-4H2. The lowest BCUT2D eigenvalue weighted by atomic mass is 9.73. The molecule has 0 amide bonds. The number of ether oxygens (including phenoxy) is 1. The van der Waals surface area contributed by atoms with Crippen LogP contribution in [0.2, 0.25) is 0 Å². The fourth-order valence-corrected chi connectivity index (χ4v) is 4.74. The molecule has 1 N–H and O–H groups in total. The number of aliphatic hydroxyl groups is 1. The Morgan fingerprint density at radius 3 is 3.07 bits per heavy atom. The molecule has 1 heterocycles. The fraction of sp³-hybridized carbons (Fsp3) is 0.909. The number of rotatable bonds is 0. The Labute approximate surface area is 82.4 Å². The normalized spacial score (nSPS) is 63.2. The first-order chi connectivity index (χ1) is 6.71. The van der Waals surface area contributed by atoms with Gasteiger partial charge in [-0.1, -0.05) is 0 Å². The number of carbonyl (C=O) groups excluding carboxylic acids is 1. The number of carbonyl (C=O) groups is 1. The van der Waals surface area contributed by atoms with Crippen molar-refractivity contribution in [1.29, 1.82) is 0 Å². The Balaban J connectivity index is 1.90. The molecule has 6 atom stereocenters. The van der Waals surface area contributed by atoms with E-state index in [1.165, 1.54) is 0 Å². The van der Waals surface area contributed by atoms with Crippen LogP contribution in [0.1, 0.15) is 25.7 Å². The second-order valence-corrected chi connectivity index (χ2v) is 5.64. The molecule has 3 aliphatic carbocycles. The molecule has 1 spiro atoms. The van der Waals surface area contributed by atoms with Crippen LogP contribution >= 0.6 is 0 Å². The summed E-state index contributed by atoms with van der Waals surface area (Å²) >= 11 is 0. The Hall–Kier alpha value is -0.570. The maximum Gasteiger partial charge on any atom is 0.310 e. The molecule has 1 saturated heterocycles. The monoisotopic (exact) mass is 194 g/mol. The Morgan fingerprint density at radius 2 is 2.21 bits per heavy atom. The molecule has 4 fully saturated rings. The number of hydrogen-bond acceptors (Lipinski definition) is 3. The van der Waals surface area contributed by atoms with Crippen LogP contribution in [0.5, 0.6) is 0 Å². The van der Waals surface area contributed by atoms with Crippen LogP contribution in [0.3, 0.4) is 0 Å². The van der Waals surface area contributed by atoms with Gasteiger partial charge in [0.15, 0.2) is 0 Å². The second-order valence-electron chi connectivity index (χ2n) is 5.64. The van der Waals surface area contributed by atoms with Gasteiger partial charge in [0, 0.05) is 5.41 Å². The summed E-state index contributed by atoms with van der Waals surface area (Å²) in [5.74, 6) is 1.19. The highest BCUT2D eigenvalue weighted by atomic mass is 16.6. The van der Waals surface area contributed by atoms with Crippen molar-refractivity contribution >= 4 is 5.97 Å². The third-order valence-corrected chi connectivity index (χ3v) is 5.10. The summed E-state index contributed by atoms with van der Waals surface area (Å²) in [4.78, 5) is 11.6. The number of esters is 1. The molecule has 3 saturated carbocycles. The zero-order valence-electron chi connectivity index (χ0n) is 7.98. The van der Waals surface area contributed by atoms with Gasteiger partial charge in [0.05, 0.1) is 12.0 Å². The molecule has 76 valence electrons. The highest BCUT2D eigenvalue weighted by Crippen LogP contribution is 2.68. The predicted octanol–water partition coefficient (Wildman–Crippen LogP) is 0.709. The summed E-state index contributed by atoms with van der Waals surface area (Å²) in [5, 5.41) is 10.0. The minimum atomic E-state index is -0.366. The predicted molar refractivity (Wildman–Crippen MR) is 47.3 cm³/mol. The Bertz CT molecular complexity index is 326. The van der Waals surface area contributed by atoms with Crippen LogP contribution in [-0.2, 0) is 9.53 Å². The van der Waals surface area contributed by atoms with E-state index in [-0.39, 0.29) is 29.5 Å². The van der Waals surface area contributed by atoms with Crippen molar-refractivity contribution in [1.82, 2.24) is 0 Å². The van der Waals surface area contributed by atoms with Crippen LogP contribution in [0.25, 0.3) is 0 Å². The topological polar surface area (TPSA) is 46.5 Å². The summed E-state index contributed by atoms with van der Waals surface area (Å²) in [7, 11) is 0. The van der Waals surface area contributed by atoms with Gasteiger partial charge in [-0.05, 0) is 37.5 Å². The molecule has 6 unspecified atom stereocenters. The summed E-state index contributed by atoms with van der Waals surface area (Å²) in [5.41, 5.74) is 0.0596. The van der Waals surface area contributed by atoms with Crippen LogP contribution in [0.4, 0.5) is 0 Å². The summed E-state index contributed by atoms with van der Waals surface area (Å²) < 4.78 is 5.36. The summed E-state index contributed by atoms with van der Waals surface area (Å²) in [6, 6.07) is 0. The SMILES string of the molecule is O=C1OC2C(O)C3CC4CC1C2(C4)C3. The maximum absolute atomic E-state index is 11.6. The van der Waals surface area contributed by atoms with Crippen molar-refractivity contribution < 1.29 is 14.6 Å². The zero-order chi connectivity index (χ0) is 9.50. The molecule has 3 bridgehead atoms. The number of fused-ring (bicyclic) bond motifs is 2. The van der Waals surface area contributed by atoms with E-state index in [4.69, 9.17) is 4.74 Å². The molecule has 4 aliphatic rings. The van der Waals surface area contributed by atoms with Crippen LogP contribution in [0.15, 0.2) is 0 Å². The van der Waals surface area contributed by atoms with E-state index in [1.54, 1.807) is 0 Å². The van der Waals surface area contributed by atoms with E-state index in [9.17, 15) is 9.90 Å². The minimum absolute atomic E-state index is 0.0306. The molecule has 3 heteroatoms. The van der Waals surface area contributed by atoms with Gasteiger partial charge in [0.2, 0.25) is 0 Å². The molecular weight excluding hydrogens is 180 g/mol. The van der Waals surface area contributed by atoms with E-state index < -0.39 is 0 Å². The fourth-order valence-electron chi connectivity index (χ4n) is 4.74. The maximum atomic E-state index is 11.6. The average Bonchev–Trinajstić information content (AvgIpc) is 2.63. The van der Waals surface area contributed by atoms with Gasteiger partial charge in [-0.25, -0.2) is 0 Å². The molecule has 3 nitrogen and oxygen atoms in total. The largest absolute Gasteiger partial charge is 0.459 e. The first-order valence-corrected chi connectivity index (χ1v) is 5.59. The summed E-state index contributed by atoms with van der Waals surface area (Å²) in [6.07, 6.45) is 3.78. The molecular formula is C11H14O3. The van der Waals surface area contributed by atoms with Crippen molar-refractivity contribution in [2.75, 3.05) is 0 Å². The molecule has 0 aromatic heterocycles. The number of hydrogen-bond donors (Lipinski definition) is 1. The van der Waals surface area contributed by atoms with Crippen molar-refractivity contribution in [2.24, 2.45) is 23.2 Å². The van der Waals surface area contributed by atoms with Gasteiger partial charge < -0.3 is 9.84 Å². The van der Waals surface area contributed by atoms with E-state index >= 15 is 0 Å². The first kappa shape index (κ1) is 7.69. The lowest BCUT2D eigenvalue weighted by molar-refractivity contribution is -0.148. The number of aliphatic hydroxyl groups excluding tert-OH is 1. The Kier molecular flexibility index (Phi) is 1.10. The third-order valence-electron chi connectivity index (χ3n) is 5.10. The van der Waals surface area contributed by atoms with Gasteiger partial charge in [0.25, 0.3) is 0 Å². The van der Waals surface area contributed by atoms with Crippen molar-refractivity contribution in [3.05, 3.63) is 0 Å². The lowest BCUT2D eigenvalue weighted by Crippen LogP contribution is -2.33. The first-order valence-electron chi connectivity index (χ1n) is 5.59. The van der Waals surface area contributed by atoms with Gasteiger partial charge in [-0.2, -0.15) is 0 Å². The molecule has 14 heavy (non-hydrogen) atoms. The molecule has 0 aromatic carbocycles. The molecule has 1 aliphatic heterocycles. The van der Waals surface area contributed by atoms with Crippen LogP contribution < -0.4 is 0 Å². The highest BCUT2D eigenvalue weighted by Gasteiger charge is 2.71. The lowest BCUT2D eigenvalue weighted by Gasteiger charge is -2.28. The molecule has 0 aromatic rings. The van der Waals surface area contributed by atoms with Crippen LogP contribution in [0, 0.1) is 23.2 Å². The van der Waals surface area contributed by atoms with E-state index in [0.717, 1.165) is 25.7 Å². The summed E-state index contributed by atoms with van der Waals surface area (Å²) in [6.45, 7) is 0. The van der Waals surface area contributed by atoms with Gasteiger partial charge in [0.1, 0.15) is 6.10 Å². The van der Waals surface area contributed by atoms with E-state index in [0.29, 0.717) is 11.8 Å². The van der Waals surface area contributed by atoms with E-state index in [2.05, 4.69) is 0 Å². The molecule has 0 radical (unpaired) electrons. The van der Waals surface area contributed by atoms with E-state index in [1.807, 2.05) is 0 Å². The molecule has 4 rings (SSSR count). The second kappa shape index (κ2) is 2.01. The van der Waals surface area contributed by atoms with Crippen molar-refractivity contribution in [3.8, 4) is 0 Å². The smallest absolute Gasteiger partial charge is 0.310 e. The highest BCUT2D eigenvalue weighted by molar-refractivity contribution is 5.77. The van der Waals surface area contributed by atoms with Crippen LogP contribution in [-0.4, -0.2) is 23.3 Å². The van der Waals surface area contributed by atoms with Gasteiger partial charge in [-0.15, -0.1) is 0 Å². The quantitative estimate of drug-likeness (QED) is 0.578. The van der Waals surface area contributed by atoms with Crippen molar-refractivity contribution in [3.63, 3.8) is 0 Å². The van der Waals surface area contributed by atoms with Crippen molar-refractivity contribution in [2.45, 2.75) is 37.9 Å². The zero-order valence-corrected chi connectivity index (χ0v) is 7.98. The minimum Gasteiger partial charge on any atom is -0.459 e. The van der Waals surface area contributed by atoms with Gasteiger partial charge in [-0.3, -0.25) is 4.79 Å². The third kappa shape index (κ3) is 0.602.